The number of carboxylic acid groups (broad SMARTS) is 1. The van der Waals surface area contributed by atoms with E-state index >= 15 is 0 Å². The fraction of sp³-hybridized carbons (Fsp3) is 0.700. The van der Waals surface area contributed by atoms with E-state index in [1.165, 1.54) is 41.8 Å². The number of rotatable bonds is 18. The standard InChI is InChI=1S/C25H37FN2O7.C25H39FN2O6.10H2/c1-24(2,3)35-23(32)28(6)19(14-25(4,5)26)22(31)34-20(21(29)30)13-18-8-7-17(15-27-18)16-9-11-33-12-10-16;1-24(2,3)34-23(31)28(6)21(14-25(4,5)26)22(30)33-20(16-29)13-19-8-7-18(15-27-19)17-9-11-32-12-10-17;;;;;;;;;;/h7-8,15-16,19-20H,9-14H2,1-6H3,(H,29,30);7-8,15,17,20-21,29H,9-14,16H2,1-6H3;10*1H/t19-,20+;20-,21+;;;;;;;;;;/m01........../s1/i;;10*1+1D. The van der Waals surface area contributed by atoms with Gasteiger partial charge in [0, 0.05) is 120 Å². The van der Waals surface area contributed by atoms with Gasteiger partial charge in [-0.3, -0.25) is 19.8 Å². The van der Waals surface area contributed by atoms with E-state index in [2.05, 4.69) is 9.97 Å². The van der Waals surface area contributed by atoms with Crippen LogP contribution in [-0.2, 0) is 55.6 Å². The van der Waals surface area contributed by atoms with E-state index in [9.17, 15) is 43.0 Å². The number of aliphatic hydroxyl groups excluding tert-OH is 1. The molecule has 19 heteroatoms. The number of aliphatic hydroxyl groups is 1. The van der Waals surface area contributed by atoms with E-state index in [0.29, 0.717) is 36.4 Å². The van der Waals surface area contributed by atoms with Crippen LogP contribution in [0.3, 0.4) is 0 Å². The highest BCUT2D eigenvalue weighted by atomic mass is 19.1. The van der Waals surface area contributed by atoms with Gasteiger partial charge in [0.2, 0.25) is 6.10 Å². The summed E-state index contributed by atoms with van der Waals surface area (Å²) in [5, 5.41) is 19.5. The summed E-state index contributed by atoms with van der Waals surface area (Å²) in [7, 11) is 2.66. The van der Waals surface area contributed by atoms with Gasteiger partial charge in [-0.25, -0.2) is 32.8 Å². The normalized spacial score (nSPS) is 18.1. The minimum atomic E-state index is -1.83. The van der Waals surface area contributed by atoms with E-state index < -0.39 is 90.0 Å². The van der Waals surface area contributed by atoms with Crippen LogP contribution in [-0.4, -0.2) is 154 Å². The van der Waals surface area contributed by atoms with E-state index in [4.69, 9.17) is 58.1 Å². The second kappa shape index (κ2) is 25.7. The maximum absolute atomic E-state index is 14.5. The monoisotopic (exact) mass is 1020 g/mol. The number of esters is 2. The van der Waals surface area contributed by atoms with Crippen LogP contribution in [0.2, 0.25) is 0 Å². The summed E-state index contributed by atoms with van der Waals surface area (Å²) >= 11 is 0. The Morgan fingerprint density at radius 2 is 1.06 bits per heavy atom. The molecule has 0 spiro atoms. The molecule has 2 fully saturated rings. The first kappa shape index (κ1) is 44.0. The van der Waals surface area contributed by atoms with Gasteiger partial charge in [0.1, 0.15) is 40.7 Å². The Hall–Kier alpha value is -5.01. The zero-order valence-electron chi connectivity index (χ0n) is 62.6. The first-order valence-corrected chi connectivity index (χ1v) is 23.5. The van der Waals surface area contributed by atoms with Crippen LogP contribution < -0.4 is 0 Å². The average molecular weight is 1020 g/mol. The summed E-state index contributed by atoms with van der Waals surface area (Å²) < 4.78 is 161. The molecular formula is C50H96F2N4O13. The Balaban J connectivity index is -0.000000191. The highest BCUT2D eigenvalue weighted by Crippen LogP contribution is 2.29. The van der Waals surface area contributed by atoms with Crippen molar-refractivity contribution in [3.63, 3.8) is 0 Å². The lowest BCUT2D eigenvalue weighted by Gasteiger charge is -2.32. The summed E-state index contributed by atoms with van der Waals surface area (Å²) in [6, 6.07) is 4.87. The number of amides is 2. The summed E-state index contributed by atoms with van der Waals surface area (Å²) in [6.45, 7) is 17.7. The topological polar surface area (TPSA) is 213 Å². The largest absolute Gasteiger partial charge is 0.478 e. The van der Waals surface area contributed by atoms with Crippen molar-refractivity contribution < 1.29 is 101 Å². The zero-order chi connectivity index (χ0) is 71.9. The number of nitrogens with zero attached hydrogens (tertiary/aromatic N) is 4. The molecule has 0 aliphatic carbocycles. The van der Waals surface area contributed by atoms with Crippen LogP contribution >= 0.6 is 0 Å². The molecule has 2 amide bonds. The number of pyridine rings is 2. The Morgan fingerprint density at radius 1 is 0.681 bits per heavy atom. The first-order chi connectivity index (χ1) is 41.9. The first-order valence-electron chi connectivity index (χ1n) is 33.5. The van der Waals surface area contributed by atoms with Crippen molar-refractivity contribution >= 4 is 30.1 Å². The Kier molecular flexibility index (Phi) is 16.4. The number of alkyl halides is 2. The molecule has 2 saturated heterocycles. The second-order valence-corrected chi connectivity index (χ2v) is 20.9. The predicted molar refractivity (Wildman–Crippen MR) is 272 cm³/mol. The molecule has 0 bridgehead atoms. The van der Waals surface area contributed by atoms with Crippen LogP contribution in [0.25, 0.3) is 0 Å². The summed E-state index contributed by atoms with van der Waals surface area (Å²) in [5.74, 6) is -2.46. The third kappa shape index (κ3) is 21.3. The number of halogens is 2. The van der Waals surface area contributed by atoms with E-state index in [-0.39, 0.29) is 19.3 Å². The number of ether oxygens (including phenoxy) is 6. The van der Waals surface area contributed by atoms with Crippen molar-refractivity contribution in [3.05, 3.63) is 59.2 Å². The zero-order valence-corrected chi connectivity index (χ0v) is 42.6. The molecule has 4 atom stereocenters. The van der Waals surface area contributed by atoms with Crippen LogP contribution in [0.4, 0.5) is 18.4 Å². The number of hydrogen-bond acceptors (Lipinski definition) is 14. The van der Waals surface area contributed by atoms with Gasteiger partial charge in [-0.15, -0.1) is 0 Å². The van der Waals surface area contributed by atoms with E-state index in [0.717, 1.165) is 59.8 Å². The molecule has 0 radical (unpaired) electrons. The number of carbonyl (C=O) groups excluding carboxylic acids is 4. The second-order valence-electron chi connectivity index (χ2n) is 20.9. The molecule has 0 unspecified atom stereocenters. The van der Waals surface area contributed by atoms with Crippen LogP contribution in [0, 0.1) is 0 Å². The molecule has 69 heavy (non-hydrogen) atoms. The fourth-order valence-corrected chi connectivity index (χ4v) is 7.46. The SMILES string of the molecule is CN(C(=O)OC(C)(C)C)[C@@H](CC(C)(C)F)C(=O)O[C@@H](CO)Cc1ccc(C2CCOCC2)cn1.CN(C(=O)OC(C)(C)C)[C@@H](CC(C)(C)F)C(=O)O[C@H](Cc1ccc(C2CCOCC2)cn1)C(=O)O.[2H][2H].[2H][2H].[2H][2H].[2H][2H].[2H][2H].[2H][2H].[2H][2H].[2H][2H].[2H][2H].[2H][2H]. The van der Waals surface area contributed by atoms with Crippen LogP contribution in [0.15, 0.2) is 36.7 Å². The van der Waals surface area contributed by atoms with Crippen molar-refractivity contribution in [3.8, 4) is 0 Å². The van der Waals surface area contributed by atoms with Gasteiger partial charge in [0.05, 0.1) is 6.61 Å². The lowest BCUT2D eigenvalue weighted by molar-refractivity contribution is -0.168. The molecule has 2 aromatic rings. The molecule has 2 aliphatic heterocycles. The summed E-state index contributed by atoms with van der Waals surface area (Å²) in [4.78, 5) is 73.6. The van der Waals surface area contributed by atoms with Crippen LogP contribution in [0.5, 0.6) is 0 Å². The summed E-state index contributed by atoms with van der Waals surface area (Å²) in [6.07, 6.45) is 2.52. The number of carboxylic acids is 1. The maximum Gasteiger partial charge on any atom is 0.410 e. The van der Waals surface area contributed by atoms with E-state index in [1.54, 1.807) is 53.8 Å². The van der Waals surface area contributed by atoms with Gasteiger partial charge in [0.15, 0.2) is 0 Å². The molecule has 0 saturated carbocycles. The number of hydrogen-bond donors (Lipinski definition) is 2. The molecule has 2 N–H and O–H groups in total. The minimum Gasteiger partial charge on any atom is -0.478 e. The number of aliphatic carboxylic acids is 1. The number of likely N-dealkylation sites (N-methyl/N-ethyl adjacent to an activating group) is 2. The lowest BCUT2D eigenvalue weighted by atomic mass is 9.93. The lowest BCUT2D eigenvalue weighted by Crippen LogP contribution is -2.49. The molecular weight excluding hydrogens is 903 g/mol. The number of aromatic nitrogens is 2. The van der Waals surface area contributed by atoms with Gasteiger partial charge < -0.3 is 38.6 Å². The molecule has 2 aromatic heterocycles. The fourth-order valence-electron chi connectivity index (χ4n) is 7.46. The molecule has 2 aliphatic rings. The van der Waals surface area contributed by atoms with Crippen LogP contribution in [0.1, 0.15) is 172 Å². The third-order valence-corrected chi connectivity index (χ3v) is 11.1. The molecule has 4 heterocycles. The van der Waals surface area contributed by atoms with Crippen molar-refractivity contribution in [1.29, 1.82) is 0 Å². The van der Waals surface area contributed by atoms with Crippen molar-refractivity contribution in [2.75, 3.05) is 47.1 Å². The third-order valence-electron chi connectivity index (χ3n) is 11.1. The molecule has 408 valence electrons. The molecule has 4 rings (SSSR count). The van der Waals surface area contributed by atoms with Crippen molar-refractivity contribution in [2.24, 2.45) is 0 Å². The smallest absolute Gasteiger partial charge is 0.410 e. The minimum absolute atomic E-state index is 0.170. The Morgan fingerprint density at radius 3 is 1.38 bits per heavy atom. The quantitative estimate of drug-likeness (QED) is 0.105. The van der Waals surface area contributed by atoms with E-state index in [1.807, 2.05) is 24.4 Å². The maximum atomic E-state index is 14.5. The highest BCUT2D eigenvalue weighted by molar-refractivity contribution is 5.84. The number of carbonyl (C=O) groups is 5. The average Bonchev–Trinajstić information content (AvgIpc) is 2.92. The molecule has 0 aromatic carbocycles. The van der Waals surface area contributed by atoms with Crippen molar-refractivity contribution in [1.82, 2.24) is 19.8 Å². The van der Waals surface area contributed by atoms with Gasteiger partial charge in [-0.2, -0.15) is 0 Å². The summed E-state index contributed by atoms with van der Waals surface area (Å²) in [5.41, 5.74) is -1.91. The molecule has 17 nitrogen and oxygen atoms in total. The van der Waals surface area contributed by atoms with Gasteiger partial charge in [0.25, 0.3) is 0 Å². The highest BCUT2D eigenvalue weighted by Gasteiger charge is 2.39. The van der Waals surface area contributed by atoms with Gasteiger partial charge >= 0.3 is 30.1 Å². The van der Waals surface area contributed by atoms with Crippen molar-refractivity contribution in [2.45, 2.75) is 179 Å². The van der Waals surface area contributed by atoms with Gasteiger partial charge in [-0.1, -0.05) is 12.1 Å². The van der Waals surface area contributed by atoms with Gasteiger partial charge in [-0.05, 0) is 130 Å². The predicted octanol–water partition coefficient (Wildman–Crippen LogP) is 10.1. The Labute approximate surface area is 436 Å². The Bertz CT molecular complexity index is 2020.